The Bertz CT molecular complexity index is 725. The molecule has 2 aromatic rings. The number of hydrogen-bond donors (Lipinski definition) is 2. The molecule has 0 bridgehead atoms. The first-order chi connectivity index (χ1) is 12.2. The lowest BCUT2D eigenvalue weighted by Crippen LogP contribution is -2.36. The van der Waals surface area contributed by atoms with Crippen molar-refractivity contribution in [2.24, 2.45) is 4.99 Å². The lowest BCUT2D eigenvalue weighted by molar-refractivity contribution is 0.811. The smallest absolute Gasteiger partial charge is 0.191 e. The largest absolute Gasteiger partial charge is 0.364 e. The van der Waals surface area contributed by atoms with Crippen molar-refractivity contribution in [2.75, 3.05) is 24.5 Å². The van der Waals surface area contributed by atoms with Gasteiger partial charge in [0.2, 0.25) is 0 Å². The van der Waals surface area contributed by atoms with Gasteiger partial charge >= 0.3 is 0 Å². The molecule has 0 aliphatic carbocycles. The van der Waals surface area contributed by atoms with Crippen molar-refractivity contribution in [1.29, 1.82) is 0 Å². The Morgan fingerprint density at radius 1 is 1.20 bits per heavy atom. The second-order valence-electron chi connectivity index (χ2n) is 5.96. The molecule has 0 spiro atoms. The van der Waals surface area contributed by atoms with E-state index in [1.54, 1.807) is 11.3 Å². The number of nitrogens with one attached hydrogen (secondary N) is 2. The number of aromatic nitrogens is 1. The van der Waals surface area contributed by atoms with Crippen LogP contribution in [0.4, 0.5) is 5.69 Å². The highest BCUT2D eigenvalue weighted by Gasteiger charge is 2.07. The first-order valence-corrected chi connectivity index (χ1v) is 9.48. The van der Waals surface area contributed by atoms with Gasteiger partial charge in [-0.3, -0.25) is 0 Å². The van der Waals surface area contributed by atoms with Crippen LogP contribution < -0.4 is 15.5 Å². The lowest BCUT2D eigenvalue weighted by Gasteiger charge is -2.17. The van der Waals surface area contributed by atoms with Crippen molar-refractivity contribution < 1.29 is 0 Å². The molecular weight excluding hydrogens is 330 g/mol. The summed E-state index contributed by atoms with van der Waals surface area (Å²) in [6.07, 6.45) is 6.32. The third-order valence-corrected chi connectivity index (χ3v) is 4.87. The van der Waals surface area contributed by atoms with Gasteiger partial charge in [-0.25, -0.2) is 9.98 Å². The Hall–Kier alpha value is -2.34. The molecule has 2 heterocycles. The number of rotatable bonds is 6. The van der Waals surface area contributed by atoms with Gasteiger partial charge in [0.1, 0.15) is 5.01 Å². The van der Waals surface area contributed by atoms with E-state index in [1.165, 1.54) is 16.1 Å². The zero-order valence-electron chi connectivity index (χ0n) is 14.8. The first kappa shape index (κ1) is 17.5. The van der Waals surface area contributed by atoms with E-state index in [-0.39, 0.29) is 0 Å². The molecule has 0 saturated heterocycles. The Balaban J connectivity index is 1.56. The van der Waals surface area contributed by atoms with Crippen LogP contribution >= 0.6 is 11.3 Å². The van der Waals surface area contributed by atoms with Crippen LogP contribution in [0.5, 0.6) is 0 Å². The number of hydrogen-bond acceptors (Lipinski definition) is 4. The summed E-state index contributed by atoms with van der Waals surface area (Å²) < 4.78 is 0. The molecule has 1 aliphatic heterocycles. The van der Waals surface area contributed by atoms with Gasteiger partial charge in [-0.15, -0.1) is 11.3 Å². The molecule has 0 fully saturated rings. The minimum Gasteiger partial charge on any atom is -0.364 e. The van der Waals surface area contributed by atoms with Crippen LogP contribution in [-0.4, -0.2) is 30.6 Å². The molecule has 0 radical (unpaired) electrons. The third-order valence-electron chi connectivity index (χ3n) is 3.96. The van der Waals surface area contributed by atoms with E-state index in [0.717, 1.165) is 30.6 Å². The summed E-state index contributed by atoms with van der Waals surface area (Å²) in [5.74, 6) is 0.822. The topological polar surface area (TPSA) is 52.6 Å². The average Bonchev–Trinajstić information content (AvgIpc) is 3.30. The minimum absolute atomic E-state index is 0.658. The van der Waals surface area contributed by atoms with Crippen molar-refractivity contribution in [2.45, 2.75) is 26.9 Å². The highest BCUT2D eigenvalue weighted by atomic mass is 32.1. The Morgan fingerprint density at radius 2 is 1.96 bits per heavy atom. The van der Waals surface area contributed by atoms with Crippen LogP contribution in [0.3, 0.4) is 0 Å². The molecular formula is C19H25N5S. The van der Waals surface area contributed by atoms with E-state index in [9.17, 15) is 0 Å². The molecule has 1 aliphatic rings. The summed E-state index contributed by atoms with van der Waals surface area (Å²) in [5, 5.41) is 7.71. The number of guanidine groups is 1. The summed E-state index contributed by atoms with van der Waals surface area (Å²) in [4.78, 5) is 12.6. The molecule has 132 valence electrons. The summed E-state index contributed by atoms with van der Waals surface area (Å²) in [6.45, 7) is 8.34. The van der Waals surface area contributed by atoms with Crippen LogP contribution in [0.2, 0.25) is 0 Å². The van der Waals surface area contributed by atoms with Gasteiger partial charge in [0.05, 0.1) is 13.1 Å². The maximum Gasteiger partial charge on any atom is 0.191 e. The quantitative estimate of drug-likeness (QED) is 0.475. The van der Waals surface area contributed by atoms with E-state index >= 15 is 0 Å². The van der Waals surface area contributed by atoms with E-state index in [1.807, 2.05) is 6.20 Å². The van der Waals surface area contributed by atoms with Crippen LogP contribution in [0.25, 0.3) is 0 Å². The van der Waals surface area contributed by atoms with Crippen LogP contribution in [0, 0.1) is 6.92 Å². The standard InChI is InChI=1S/C19H25N5S/c1-3-20-19(23-14-18-21-12-15(2)25-18)22-13-16-6-8-17(9-7-16)24-10-4-5-11-24/h4-9,12H,3,10-11,13-14H2,1-2H3,(H2,20,22,23). The predicted molar refractivity (Wildman–Crippen MR) is 106 cm³/mol. The van der Waals surface area contributed by atoms with Crippen LogP contribution in [0.1, 0.15) is 22.4 Å². The fourth-order valence-electron chi connectivity index (χ4n) is 2.66. The molecule has 0 atom stereocenters. The number of aliphatic imine (C=N–C) groups is 1. The van der Waals surface area contributed by atoms with Gasteiger partial charge in [-0.2, -0.15) is 0 Å². The maximum absolute atomic E-state index is 4.68. The maximum atomic E-state index is 4.68. The van der Waals surface area contributed by atoms with Gasteiger partial charge in [0, 0.05) is 36.4 Å². The number of aryl methyl sites for hydroxylation is 1. The number of anilines is 1. The number of thiazole rings is 1. The first-order valence-electron chi connectivity index (χ1n) is 8.67. The van der Waals surface area contributed by atoms with Crippen molar-refractivity contribution in [3.63, 3.8) is 0 Å². The molecule has 1 aromatic carbocycles. The van der Waals surface area contributed by atoms with Crippen molar-refractivity contribution in [3.05, 3.63) is 58.1 Å². The van der Waals surface area contributed by atoms with Gasteiger partial charge in [0.25, 0.3) is 0 Å². The van der Waals surface area contributed by atoms with E-state index in [2.05, 4.69) is 75.8 Å². The van der Waals surface area contributed by atoms with Gasteiger partial charge in [-0.1, -0.05) is 24.3 Å². The second-order valence-corrected chi connectivity index (χ2v) is 7.28. The van der Waals surface area contributed by atoms with E-state index in [4.69, 9.17) is 0 Å². The predicted octanol–water partition coefficient (Wildman–Crippen LogP) is 3.08. The normalized spacial score (nSPS) is 14.2. The molecule has 5 nitrogen and oxygen atoms in total. The number of benzene rings is 1. The highest BCUT2D eigenvalue weighted by molar-refractivity contribution is 7.11. The van der Waals surface area contributed by atoms with Crippen molar-refractivity contribution >= 4 is 23.0 Å². The van der Waals surface area contributed by atoms with Crippen LogP contribution in [0.15, 0.2) is 47.6 Å². The minimum atomic E-state index is 0.658. The highest BCUT2D eigenvalue weighted by Crippen LogP contribution is 2.18. The Morgan fingerprint density at radius 3 is 2.60 bits per heavy atom. The van der Waals surface area contributed by atoms with Gasteiger partial charge < -0.3 is 15.5 Å². The Kier molecular flexibility index (Phi) is 6.06. The van der Waals surface area contributed by atoms with Crippen molar-refractivity contribution in [1.82, 2.24) is 15.6 Å². The fourth-order valence-corrected chi connectivity index (χ4v) is 3.38. The molecule has 6 heteroatoms. The van der Waals surface area contributed by atoms with Gasteiger partial charge in [-0.05, 0) is 31.5 Å². The summed E-state index contributed by atoms with van der Waals surface area (Å²) in [6, 6.07) is 8.67. The molecule has 0 saturated carbocycles. The second kappa shape index (κ2) is 8.67. The monoisotopic (exact) mass is 355 g/mol. The lowest BCUT2D eigenvalue weighted by atomic mass is 10.2. The zero-order valence-corrected chi connectivity index (χ0v) is 15.6. The summed E-state index contributed by atoms with van der Waals surface area (Å²) in [5.41, 5.74) is 2.47. The van der Waals surface area contributed by atoms with Crippen molar-refractivity contribution in [3.8, 4) is 0 Å². The number of nitrogens with zero attached hydrogens (tertiary/aromatic N) is 3. The third kappa shape index (κ3) is 5.06. The molecule has 3 rings (SSSR count). The molecule has 25 heavy (non-hydrogen) atoms. The van der Waals surface area contributed by atoms with E-state index < -0.39 is 0 Å². The molecule has 0 unspecified atom stereocenters. The SMILES string of the molecule is CCNC(=NCc1ccc(N2CC=CC2)cc1)NCc1ncc(C)s1. The van der Waals surface area contributed by atoms with E-state index in [0.29, 0.717) is 13.1 Å². The summed E-state index contributed by atoms with van der Waals surface area (Å²) >= 11 is 1.71. The van der Waals surface area contributed by atoms with Gasteiger partial charge in [0.15, 0.2) is 5.96 Å². The fraction of sp³-hybridized carbons (Fsp3) is 0.368. The average molecular weight is 356 g/mol. The molecule has 0 amide bonds. The Labute approximate surface area is 153 Å². The summed E-state index contributed by atoms with van der Waals surface area (Å²) in [7, 11) is 0. The van der Waals surface area contributed by atoms with Crippen LogP contribution in [-0.2, 0) is 13.1 Å². The zero-order chi connectivity index (χ0) is 17.5. The molecule has 1 aromatic heterocycles. The molecule has 2 N–H and O–H groups in total.